The van der Waals surface area contributed by atoms with Gasteiger partial charge in [-0.1, -0.05) is 24.3 Å². The molecule has 0 heterocycles. The lowest BCUT2D eigenvalue weighted by atomic mass is 10.3. The van der Waals surface area contributed by atoms with E-state index >= 15 is 0 Å². The van der Waals surface area contributed by atoms with Crippen LogP contribution in [0.15, 0.2) is 48.5 Å². The van der Waals surface area contributed by atoms with Gasteiger partial charge in [0.1, 0.15) is 0 Å². The molecule has 2 aromatic rings. The molecule has 0 aliphatic heterocycles. The molecule has 0 amide bonds. The van der Waals surface area contributed by atoms with Gasteiger partial charge in [0, 0.05) is 6.07 Å². The van der Waals surface area contributed by atoms with Crippen LogP contribution in [0, 0.1) is 15.9 Å². The van der Waals surface area contributed by atoms with Crippen LogP contribution in [-0.4, -0.2) is 4.92 Å². The van der Waals surface area contributed by atoms with Crippen molar-refractivity contribution in [2.24, 2.45) is 0 Å². The molecular weight excluding hydrogens is 225 g/mol. The van der Waals surface area contributed by atoms with Crippen molar-refractivity contribution in [2.75, 3.05) is 0 Å². The van der Waals surface area contributed by atoms with E-state index < -0.39 is 10.7 Å². The van der Waals surface area contributed by atoms with E-state index in [1.807, 2.05) is 0 Å². The summed E-state index contributed by atoms with van der Waals surface area (Å²) in [6.07, 6.45) is 0. The maximum atomic E-state index is 13.3. The van der Waals surface area contributed by atoms with Crippen LogP contribution in [0.4, 0.5) is 10.1 Å². The average molecular weight is 233 g/mol. The van der Waals surface area contributed by atoms with Gasteiger partial charge < -0.3 is 4.74 Å². The number of rotatable bonds is 3. The Bertz CT molecular complexity index is 557. The largest absolute Gasteiger partial charge is 0.447 e. The first-order chi connectivity index (χ1) is 8.18. The van der Waals surface area contributed by atoms with Crippen LogP contribution in [0.25, 0.3) is 0 Å². The normalized spacial score (nSPS) is 9.94. The zero-order valence-corrected chi connectivity index (χ0v) is 8.67. The lowest BCUT2D eigenvalue weighted by Crippen LogP contribution is -1.94. The average Bonchev–Trinajstić information content (AvgIpc) is 2.32. The van der Waals surface area contributed by atoms with Gasteiger partial charge in [0.15, 0.2) is 11.6 Å². The summed E-state index contributed by atoms with van der Waals surface area (Å²) in [5.41, 5.74) is -0.198. The van der Waals surface area contributed by atoms with Crippen molar-refractivity contribution in [2.45, 2.75) is 0 Å². The van der Waals surface area contributed by atoms with E-state index in [9.17, 15) is 14.5 Å². The number of benzene rings is 2. The molecule has 4 nitrogen and oxygen atoms in total. The molecule has 0 atom stereocenters. The summed E-state index contributed by atoms with van der Waals surface area (Å²) in [5, 5.41) is 10.7. The van der Waals surface area contributed by atoms with Crippen LogP contribution < -0.4 is 4.74 Å². The van der Waals surface area contributed by atoms with Crippen molar-refractivity contribution in [3.05, 3.63) is 64.5 Å². The lowest BCUT2D eigenvalue weighted by Gasteiger charge is -2.06. The second kappa shape index (κ2) is 4.61. The monoisotopic (exact) mass is 233 g/mol. The molecule has 0 unspecified atom stereocenters. The van der Waals surface area contributed by atoms with Crippen molar-refractivity contribution in [3.8, 4) is 11.5 Å². The van der Waals surface area contributed by atoms with Gasteiger partial charge in [-0.25, -0.2) is 4.39 Å². The number of para-hydroxylation sites is 3. The van der Waals surface area contributed by atoms with E-state index in [-0.39, 0.29) is 17.2 Å². The van der Waals surface area contributed by atoms with Gasteiger partial charge in [0.2, 0.25) is 5.75 Å². The molecule has 86 valence electrons. The smallest absolute Gasteiger partial charge is 0.311 e. The number of hydrogen-bond acceptors (Lipinski definition) is 3. The summed E-state index contributed by atoms with van der Waals surface area (Å²) in [6.45, 7) is 0. The van der Waals surface area contributed by atoms with Crippen molar-refractivity contribution in [1.29, 1.82) is 0 Å². The van der Waals surface area contributed by atoms with Gasteiger partial charge in [0.25, 0.3) is 0 Å². The Labute approximate surface area is 96.4 Å². The van der Waals surface area contributed by atoms with Crippen LogP contribution in [0.5, 0.6) is 11.5 Å². The van der Waals surface area contributed by atoms with E-state index in [1.54, 1.807) is 12.1 Å². The summed E-state index contributed by atoms with van der Waals surface area (Å²) in [7, 11) is 0. The number of hydrogen-bond donors (Lipinski definition) is 0. The Morgan fingerprint density at radius 2 is 1.59 bits per heavy atom. The summed E-state index contributed by atoms with van der Waals surface area (Å²) in [6, 6.07) is 11.6. The van der Waals surface area contributed by atoms with Gasteiger partial charge in [-0.3, -0.25) is 10.1 Å². The Balaban J connectivity index is 2.37. The molecule has 0 saturated carbocycles. The zero-order valence-electron chi connectivity index (χ0n) is 8.67. The first-order valence-electron chi connectivity index (χ1n) is 4.84. The highest BCUT2D eigenvalue weighted by Crippen LogP contribution is 2.31. The summed E-state index contributed by atoms with van der Waals surface area (Å²) in [5.74, 6) is -0.588. The van der Waals surface area contributed by atoms with Crippen LogP contribution in [0.1, 0.15) is 0 Å². The quantitative estimate of drug-likeness (QED) is 0.602. The Kier molecular flexibility index (Phi) is 3.00. The molecule has 0 fully saturated rings. The summed E-state index contributed by atoms with van der Waals surface area (Å²) in [4.78, 5) is 10.2. The van der Waals surface area contributed by atoms with Gasteiger partial charge in [-0.2, -0.15) is 0 Å². The summed E-state index contributed by atoms with van der Waals surface area (Å²) < 4.78 is 18.5. The predicted octanol–water partition coefficient (Wildman–Crippen LogP) is 3.53. The standard InChI is InChI=1S/C12H8FNO3/c13-9-5-1-3-7-11(9)17-12-8-4-2-6-10(12)14(15)16/h1-8H. The van der Waals surface area contributed by atoms with Crippen LogP contribution in [0.2, 0.25) is 0 Å². The minimum atomic E-state index is -0.573. The van der Waals surface area contributed by atoms with Gasteiger partial charge in [-0.05, 0) is 18.2 Å². The molecule has 0 bridgehead atoms. The molecule has 0 saturated heterocycles. The fourth-order valence-electron chi connectivity index (χ4n) is 1.34. The predicted molar refractivity (Wildman–Crippen MR) is 59.6 cm³/mol. The van der Waals surface area contributed by atoms with Crippen LogP contribution in [-0.2, 0) is 0 Å². The van der Waals surface area contributed by atoms with Crippen molar-refractivity contribution in [1.82, 2.24) is 0 Å². The second-order valence-corrected chi connectivity index (χ2v) is 3.26. The van der Waals surface area contributed by atoms with Crippen LogP contribution >= 0.6 is 0 Å². The first kappa shape index (κ1) is 11.1. The molecule has 0 aliphatic rings. The Morgan fingerprint density at radius 1 is 1.00 bits per heavy atom. The number of nitrogens with zero attached hydrogens (tertiary/aromatic N) is 1. The number of ether oxygens (including phenoxy) is 1. The Morgan fingerprint density at radius 3 is 2.24 bits per heavy atom. The van der Waals surface area contributed by atoms with Gasteiger partial charge in [0.05, 0.1) is 4.92 Å². The molecule has 2 aromatic carbocycles. The van der Waals surface area contributed by atoms with E-state index in [2.05, 4.69) is 0 Å². The highest BCUT2D eigenvalue weighted by molar-refractivity contribution is 5.48. The minimum absolute atomic E-state index is 0.0163. The van der Waals surface area contributed by atoms with E-state index in [1.165, 1.54) is 36.4 Å². The van der Waals surface area contributed by atoms with Gasteiger partial charge >= 0.3 is 5.69 Å². The molecule has 0 spiro atoms. The fourth-order valence-corrected chi connectivity index (χ4v) is 1.34. The number of nitro groups is 1. The van der Waals surface area contributed by atoms with E-state index in [0.29, 0.717) is 0 Å². The van der Waals surface area contributed by atoms with Crippen LogP contribution in [0.3, 0.4) is 0 Å². The van der Waals surface area contributed by atoms with Crippen molar-refractivity contribution >= 4 is 5.69 Å². The SMILES string of the molecule is O=[N+]([O-])c1ccccc1Oc1ccccc1F. The number of halogens is 1. The maximum Gasteiger partial charge on any atom is 0.311 e. The topological polar surface area (TPSA) is 52.4 Å². The third-order valence-corrected chi connectivity index (χ3v) is 2.12. The molecular formula is C12H8FNO3. The van der Waals surface area contributed by atoms with E-state index in [0.717, 1.165) is 0 Å². The fraction of sp³-hybridized carbons (Fsp3) is 0. The van der Waals surface area contributed by atoms with E-state index in [4.69, 9.17) is 4.74 Å². The third kappa shape index (κ3) is 2.39. The molecule has 0 radical (unpaired) electrons. The summed E-state index contributed by atoms with van der Waals surface area (Å²) >= 11 is 0. The first-order valence-corrected chi connectivity index (χ1v) is 4.84. The molecule has 2 rings (SSSR count). The van der Waals surface area contributed by atoms with Gasteiger partial charge in [-0.15, -0.1) is 0 Å². The van der Waals surface area contributed by atoms with Crippen molar-refractivity contribution in [3.63, 3.8) is 0 Å². The maximum absolute atomic E-state index is 13.3. The molecule has 17 heavy (non-hydrogen) atoms. The molecule has 0 N–H and O–H groups in total. The number of nitro benzene ring substituents is 1. The minimum Gasteiger partial charge on any atom is -0.447 e. The zero-order chi connectivity index (χ0) is 12.3. The molecule has 0 aliphatic carbocycles. The highest BCUT2D eigenvalue weighted by atomic mass is 19.1. The highest BCUT2D eigenvalue weighted by Gasteiger charge is 2.15. The third-order valence-electron chi connectivity index (χ3n) is 2.12. The second-order valence-electron chi connectivity index (χ2n) is 3.26. The molecule has 0 aromatic heterocycles. The van der Waals surface area contributed by atoms with Crippen molar-refractivity contribution < 1.29 is 14.1 Å². The lowest BCUT2D eigenvalue weighted by molar-refractivity contribution is -0.385. The Hall–Kier alpha value is -2.43. The molecule has 5 heteroatoms.